The van der Waals surface area contributed by atoms with E-state index in [0.717, 1.165) is 25.1 Å². The molecule has 6 heteroatoms. The van der Waals surface area contributed by atoms with Crippen molar-refractivity contribution in [2.75, 3.05) is 13.1 Å². The summed E-state index contributed by atoms with van der Waals surface area (Å²) in [6.45, 7) is 2.95. The zero-order chi connectivity index (χ0) is 17.5. The van der Waals surface area contributed by atoms with Gasteiger partial charge in [-0.1, -0.05) is 47.1 Å². The van der Waals surface area contributed by atoms with Gasteiger partial charge in [-0.2, -0.15) is 4.98 Å². The van der Waals surface area contributed by atoms with E-state index in [1.807, 2.05) is 42.5 Å². The molecule has 3 aromatic rings. The lowest BCUT2D eigenvalue weighted by Crippen LogP contribution is -2.25. The molecule has 0 aliphatic rings. The Balaban J connectivity index is 1.69. The van der Waals surface area contributed by atoms with Gasteiger partial charge in [-0.15, -0.1) is 0 Å². The van der Waals surface area contributed by atoms with Gasteiger partial charge in [0.05, 0.1) is 6.54 Å². The molecule has 0 atom stereocenters. The van der Waals surface area contributed by atoms with Crippen LogP contribution in [0.3, 0.4) is 0 Å². The number of hydrogen-bond donors (Lipinski definition) is 1. The highest BCUT2D eigenvalue weighted by atomic mass is 35.5. The maximum atomic E-state index is 5.92. The molecule has 2 N–H and O–H groups in total. The minimum atomic E-state index is 0.574. The van der Waals surface area contributed by atoms with Crippen molar-refractivity contribution in [2.24, 2.45) is 5.73 Å². The molecule has 5 nitrogen and oxygen atoms in total. The van der Waals surface area contributed by atoms with Gasteiger partial charge >= 0.3 is 0 Å². The average Bonchev–Trinajstić information content (AvgIpc) is 3.09. The van der Waals surface area contributed by atoms with E-state index in [1.54, 1.807) is 0 Å². The first-order valence-electron chi connectivity index (χ1n) is 8.29. The molecule has 0 saturated heterocycles. The average molecular weight is 357 g/mol. The number of halogens is 1. The van der Waals surface area contributed by atoms with Crippen LogP contribution in [0.1, 0.15) is 17.9 Å². The quantitative estimate of drug-likeness (QED) is 0.665. The lowest BCUT2D eigenvalue weighted by Gasteiger charge is -2.20. The standard InChI is InChI=1S/C19H21ClN4O/c20-17-9-7-16(8-10-17)19-22-18(25-23-19)14-24(12-4-11-21)13-15-5-2-1-3-6-15/h1-3,5-10H,4,11-14,21H2. The molecular formula is C19H21ClN4O. The Hall–Kier alpha value is -2.21. The Morgan fingerprint density at radius 1 is 1.00 bits per heavy atom. The minimum absolute atomic E-state index is 0.574. The van der Waals surface area contributed by atoms with Crippen molar-refractivity contribution in [3.05, 3.63) is 71.1 Å². The highest BCUT2D eigenvalue weighted by Crippen LogP contribution is 2.19. The van der Waals surface area contributed by atoms with Gasteiger partial charge in [0, 0.05) is 23.7 Å². The van der Waals surface area contributed by atoms with E-state index in [-0.39, 0.29) is 0 Å². The molecule has 2 aromatic carbocycles. The second-order valence-electron chi connectivity index (χ2n) is 5.86. The summed E-state index contributed by atoms with van der Waals surface area (Å²) in [6.07, 6.45) is 0.922. The fourth-order valence-electron chi connectivity index (χ4n) is 2.60. The number of nitrogens with zero attached hydrogens (tertiary/aromatic N) is 3. The summed E-state index contributed by atoms with van der Waals surface area (Å²) in [5.41, 5.74) is 7.80. The maximum absolute atomic E-state index is 5.92. The summed E-state index contributed by atoms with van der Waals surface area (Å²) in [4.78, 5) is 6.77. The summed E-state index contributed by atoms with van der Waals surface area (Å²) in [5, 5.41) is 4.76. The third kappa shape index (κ3) is 5.13. The molecule has 0 bridgehead atoms. The Labute approximate surface area is 152 Å². The molecule has 1 aromatic heterocycles. The van der Waals surface area contributed by atoms with Gasteiger partial charge in [0.15, 0.2) is 0 Å². The van der Waals surface area contributed by atoms with Gasteiger partial charge in [-0.25, -0.2) is 0 Å². The zero-order valence-corrected chi connectivity index (χ0v) is 14.7. The first-order valence-corrected chi connectivity index (χ1v) is 8.67. The molecule has 0 amide bonds. The predicted octanol–water partition coefficient (Wildman–Crippen LogP) is 3.74. The third-order valence-electron chi connectivity index (χ3n) is 3.86. The third-order valence-corrected chi connectivity index (χ3v) is 4.11. The Morgan fingerprint density at radius 2 is 1.76 bits per heavy atom. The zero-order valence-electron chi connectivity index (χ0n) is 13.9. The largest absolute Gasteiger partial charge is 0.338 e. The first-order chi connectivity index (χ1) is 12.2. The molecule has 0 radical (unpaired) electrons. The molecule has 130 valence electrons. The van der Waals surface area contributed by atoms with Crippen molar-refractivity contribution in [1.82, 2.24) is 15.0 Å². The maximum Gasteiger partial charge on any atom is 0.241 e. The molecular weight excluding hydrogens is 336 g/mol. The van der Waals surface area contributed by atoms with Crippen molar-refractivity contribution in [1.29, 1.82) is 0 Å². The summed E-state index contributed by atoms with van der Waals surface area (Å²) in [6, 6.07) is 17.7. The van der Waals surface area contributed by atoms with Crippen molar-refractivity contribution in [2.45, 2.75) is 19.5 Å². The number of rotatable bonds is 8. The Bertz CT molecular complexity index is 774. The van der Waals surface area contributed by atoms with Gasteiger partial charge in [-0.3, -0.25) is 4.90 Å². The van der Waals surface area contributed by atoms with E-state index in [2.05, 4.69) is 27.2 Å². The van der Waals surface area contributed by atoms with Crippen molar-refractivity contribution in [3.8, 4) is 11.4 Å². The predicted molar refractivity (Wildman–Crippen MR) is 99.0 cm³/mol. The molecule has 0 aliphatic carbocycles. The van der Waals surface area contributed by atoms with Gasteiger partial charge in [-0.05, 0) is 42.8 Å². The number of benzene rings is 2. The van der Waals surface area contributed by atoms with E-state index in [0.29, 0.717) is 29.8 Å². The summed E-state index contributed by atoms with van der Waals surface area (Å²) < 4.78 is 5.43. The van der Waals surface area contributed by atoms with Crippen molar-refractivity contribution >= 4 is 11.6 Å². The van der Waals surface area contributed by atoms with E-state index in [9.17, 15) is 0 Å². The lowest BCUT2D eigenvalue weighted by atomic mass is 10.2. The minimum Gasteiger partial charge on any atom is -0.338 e. The van der Waals surface area contributed by atoms with Crippen LogP contribution in [0.2, 0.25) is 5.02 Å². The second kappa shape index (κ2) is 8.76. The SMILES string of the molecule is NCCCN(Cc1ccccc1)Cc1nc(-c2ccc(Cl)cc2)no1. The molecule has 0 fully saturated rings. The molecule has 3 rings (SSSR count). The van der Waals surface area contributed by atoms with E-state index >= 15 is 0 Å². The van der Waals surface area contributed by atoms with Crippen molar-refractivity contribution in [3.63, 3.8) is 0 Å². The van der Waals surface area contributed by atoms with E-state index < -0.39 is 0 Å². The molecule has 0 aliphatic heterocycles. The molecule has 1 heterocycles. The highest BCUT2D eigenvalue weighted by molar-refractivity contribution is 6.30. The molecule has 0 saturated carbocycles. The highest BCUT2D eigenvalue weighted by Gasteiger charge is 2.13. The Kier molecular flexibility index (Phi) is 6.17. The normalized spacial score (nSPS) is 11.2. The van der Waals surface area contributed by atoms with Crippen LogP contribution in [0.5, 0.6) is 0 Å². The topological polar surface area (TPSA) is 68.2 Å². The van der Waals surface area contributed by atoms with Gasteiger partial charge < -0.3 is 10.3 Å². The van der Waals surface area contributed by atoms with Crippen LogP contribution in [-0.2, 0) is 13.1 Å². The number of hydrogen-bond acceptors (Lipinski definition) is 5. The van der Waals surface area contributed by atoms with Crippen LogP contribution in [0.4, 0.5) is 0 Å². The van der Waals surface area contributed by atoms with Crippen LogP contribution in [-0.4, -0.2) is 28.1 Å². The van der Waals surface area contributed by atoms with E-state index in [4.69, 9.17) is 21.9 Å². The van der Waals surface area contributed by atoms with Gasteiger partial charge in [0.25, 0.3) is 0 Å². The van der Waals surface area contributed by atoms with Crippen molar-refractivity contribution < 1.29 is 4.52 Å². The van der Waals surface area contributed by atoms with Crippen LogP contribution >= 0.6 is 11.6 Å². The monoisotopic (exact) mass is 356 g/mol. The van der Waals surface area contributed by atoms with Crippen LogP contribution in [0.25, 0.3) is 11.4 Å². The van der Waals surface area contributed by atoms with Gasteiger partial charge in [0.1, 0.15) is 0 Å². The Morgan fingerprint density at radius 3 is 2.48 bits per heavy atom. The second-order valence-corrected chi connectivity index (χ2v) is 6.29. The molecule has 0 spiro atoms. The smallest absolute Gasteiger partial charge is 0.241 e. The van der Waals surface area contributed by atoms with Crippen LogP contribution < -0.4 is 5.73 Å². The summed E-state index contributed by atoms with van der Waals surface area (Å²) >= 11 is 5.92. The number of nitrogens with two attached hydrogens (primary N) is 1. The number of aromatic nitrogens is 2. The lowest BCUT2D eigenvalue weighted by molar-refractivity contribution is 0.217. The molecule has 0 unspecified atom stereocenters. The summed E-state index contributed by atoms with van der Waals surface area (Å²) in [5.74, 6) is 1.17. The summed E-state index contributed by atoms with van der Waals surface area (Å²) in [7, 11) is 0. The van der Waals surface area contributed by atoms with E-state index in [1.165, 1.54) is 5.56 Å². The van der Waals surface area contributed by atoms with Crippen LogP contribution in [0.15, 0.2) is 59.1 Å². The fourth-order valence-corrected chi connectivity index (χ4v) is 2.72. The fraction of sp³-hybridized carbons (Fsp3) is 0.263. The molecule has 25 heavy (non-hydrogen) atoms. The van der Waals surface area contributed by atoms with Gasteiger partial charge in [0.2, 0.25) is 11.7 Å². The first kappa shape index (κ1) is 17.6. The van der Waals surface area contributed by atoms with Crippen LogP contribution in [0, 0.1) is 0 Å².